The Morgan fingerprint density at radius 3 is 2.42 bits per heavy atom. The van der Waals surface area contributed by atoms with Gasteiger partial charge in [-0.15, -0.1) is 0 Å². The van der Waals surface area contributed by atoms with Crippen LogP contribution in [-0.2, 0) is 19.1 Å². The van der Waals surface area contributed by atoms with Crippen LogP contribution in [0.2, 0.25) is 0 Å². The second-order valence-corrected chi connectivity index (χ2v) is 5.71. The molecule has 0 radical (unpaired) electrons. The van der Waals surface area contributed by atoms with Crippen molar-refractivity contribution < 1.29 is 19.1 Å². The fourth-order valence-corrected chi connectivity index (χ4v) is 2.27. The van der Waals surface area contributed by atoms with Crippen LogP contribution < -0.4 is 0 Å². The summed E-state index contributed by atoms with van der Waals surface area (Å²) in [5.74, 6) is -0.604. The van der Waals surface area contributed by atoms with Gasteiger partial charge in [-0.05, 0) is 39.0 Å². The van der Waals surface area contributed by atoms with E-state index < -0.39 is 0 Å². The summed E-state index contributed by atoms with van der Waals surface area (Å²) < 4.78 is 10.6. The fraction of sp³-hybridized carbons (Fsp3) is 0.867. The van der Waals surface area contributed by atoms with Gasteiger partial charge in [0, 0.05) is 0 Å². The number of carbonyl (C=O) groups excluding carboxylic acids is 2. The molecule has 1 atom stereocenters. The predicted molar refractivity (Wildman–Crippen MR) is 72.6 cm³/mol. The first-order chi connectivity index (χ1) is 8.97. The van der Waals surface area contributed by atoms with E-state index in [2.05, 4.69) is 0 Å². The van der Waals surface area contributed by atoms with Crippen LogP contribution in [0.15, 0.2) is 0 Å². The summed E-state index contributed by atoms with van der Waals surface area (Å²) in [7, 11) is 0. The first-order valence-electron chi connectivity index (χ1n) is 7.35. The topological polar surface area (TPSA) is 52.6 Å². The van der Waals surface area contributed by atoms with Gasteiger partial charge in [0.1, 0.15) is 12.2 Å². The van der Waals surface area contributed by atoms with Gasteiger partial charge in [0.05, 0.1) is 12.3 Å². The normalized spacial score (nSPS) is 19.5. The Hall–Kier alpha value is -1.06. The highest BCUT2D eigenvalue weighted by Crippen LogP contribution is 2.31. The van der Waals surface area contributed by atoms with E-state index in [4.69, 9.17) is 9.47 Å². The molecular formula is C15H26O4. The molecule has 0 bridgehead atoms. The first kappa shape index (κ1) is 16.0. The van der Waals surface area contributed by atoms with Gasteiger partial charge in [0.15, 0.2) is 0 Å². The molecule has 1 fully saturated rings. The van der Waals surface area contributed by atoms with Gasteiger partial charge in [0.25, 0.3) is 0 Å². The van der Waals surface area contributed by atoms with Gasteiger partial charge >= 0.3 is 11.9 Å². The largest absolute Gasteiger partial charge is 0.465 e. The minimum atomic E-state index is -0.309. The number of carbonyl (C=O) groups is 2. The Bertz CT molecular complexity index is 305. The van der Waals surface area contributed by atoms with E-state index >= 15 is 0 Å². The summed E-state index contributed by atoms with van der Waals surface area (Å²) in [6.07, 6.45) is 6.23. The summed E-state index contributed by atoms with van der Waals surface area (Å²) in [5.41, 5.74) is -0.309. The van der Waals surface area contributed by atoms with Crippen LogP contribution in [0.4, 0.5) is 0 Å². The van der Waals surface area contributed by atoms with Crippen molar-refractivity contribution >= 4 is 11.9 Å². The predicted octanol–water partition coefficient (Wildman–Crippen LogP) is 3.23. The highest BCUT2D eigenvalue weighted by molar-refractivity contribution is 5.73. The average Bonchev–Trinajstić information content (AvgIpc) is 2.37. The molecule has 0 N–H and O–H groups in total. The standard InChI is InChI=1S/C15H26O4/c1-4-12(2)14(17)18-11-8-13(16)19-15(3)9-6-5-7-10-15/h12H,4-11H2,1-3H3. The molecule has 0 aromatic carbocycles. The van der Waals surface area contributed by atoms with Crippen molar-refractivity contribution in [3.05, 3.63) is 0 Å². The van der Waals surface area contributed by atoms with E-state index in [0.717, 1.165) is 32.1 Å². The molecular weight excluding hydrogens is 244 g/mol. The fourth-order valence-electron chi connectivity index (χ4n) is 2.27. The number of ether oxygens (including phenoxy) is 2. The molecule has 0 heterocycles. The second kappa shape index (κ2) is 7.51. The van der Waals surface area contributed by atoms with E-state index in [-0.39, 0.29) is 36.5 Å². The molecule has 1 saturated carbocycles. The minimum Gasteiger partial charge on any atom is -0.465 e. The van der Waals surface area contributed by atoms with Crippen molar-refractivity contribution in [3.8, 4) is 0 Å². The van der Waals surface area contributed by atoms with E-state index in [1.165, 1.54) is 6.42 Å². The molecule has 1 aliphatic rings. The van der Waals surface area contributed by atoms with Crippen LogP contribution in [0.3, 0.4) is 0 Å². The lowest BCUT2D eigenvalue weighted by Crippen LogP contribution is -2.34. The van der Waals surface area contributed by atoms with E-state index in [0.29, 0.717) is 0 Å². The molecule has 4 nitrogen and oxygen atoms in total. The molecule has 4 heteroatoms. The van der Waals surface area contributed by atoms with Crippen molar-refractivity contribution in [1.82, 2.24) is 0 Å². The van der Waals surface area contributed by atoms with Crippen LogP contribution in [0.5, 0.6) is 0 Å². The quantitative estimate of drug-likeness (QED) is 0.695. The molecule has 1 unspecified atom stereocenters. The average molecular weight is 270 g/mol. The van der Waals surface area contributed by atoms with Crippen LogP contribution in [0, 0.1) is 5.92 Å². The van der Waals surface area contributed by atoms with Gasteiger partial charge in [-0.1, -0.05) is 20.3 Å². The third-order valence-electron chi connectivity index (χ3n) is 3.84. The minimum absolute atomic E-state index is 0.105. The van der Waals surface area contributed by atoms with Gasteiger partial charge in [-0.2, -0.15) is 0 Å². The molecule has 1 aliphatic carbocycles. The van der Waals surface area contributed by atoms with Crippen LogP contribution in [-0.4, -0.2) is 24.1 Å². The number of hydrogen-bond donors (Lipinski definition) is 0. The molecule has 0 saturated heterocycles. The summed E-state index contributed by atoms with van der Waals surface area (Å²) in [6.45, 7) is 5.88. The van der Waals surface area contributed by atoms with Gasteiger partial charge in [0.2, 0.25) is 0 Å². The Morgan fingerprint density at radius 1 is 1.21 bits per heavy atom. The molecule has 0 aliphatic heterocycles. The second-order valence-electron chi connectivity index (χ2n) is 5.71. The lowest BCUT2D eigenvalue weighted by atomic mass is 9.86. The monoisotopic (exact) mass is 270 g/mol. The highest BCUT2D eigenvalue weighted by atomic mass is 16.6. The zero-order chi connectivity index (χ0) is 14.3. The Balaban J connectivity index is 2.22. The zero-order valence-corrected chi connectivity index (χ0v) is 12.4. The van der Waals surface area contributed by atoms with Crippen LogP contribution >= 0.6 is 0 Å². The van der Waals surface area contributed by atoms with Gasteiger partial charge in [-0.3, -0.25) is 9.59 Å². The maximum absolute atomic E-state index is 11.7. The molecule has 0 aromatic rings. The van der Waals surface area contributed by atoms with Crippen molar-refractivity contribution in [3.63, 3.8) is 0 Å². The van der Waals surface area contributed by atoms with Gasteiger partial charge < -0.3 is 9.47 Å². The van der Waals surface area contributed by atoms with Crippen molar-refractivity contribution in [2.45, 2.75) is 71.3 Å². The third-order valence-corrected chi connectivity index (χ3v) is 3.84. The van der Waals surface area contributed by atoms with E-state index in [1.807, 2.05) is 20.8 Å². The summed E-state index contributed by atoms with van der Waals surface area (Å²) in [6, 6.07) is 0. The Kier molecular flexibility index (Phi) is 6.32. The highest BCUT2D eigenvalue weighted by Gasteiger charge is 2.30. The molecule has 1 rings (SSSR count). The lowest BCUT2D eigenvalue weighted by molar-refractivity contribution is -0.163. The van der Waals surface area contributed by atoms with Crippen LogP contribution in [0.1, 0.15) is 65.7 Å². The Labute approximate surface area is 115 Å². The Morgan fingerprint density at radius 2 is 1.84 bits per heavy atom. The summed E-state index contributed by atoms with van der Waals surface area (Å²) in [4.78, 5) is 23.2. The molecule has 19 heavy (non-hydrogen) atoms. The smallest absolute Gasteiger partial charge is 0.309 e. The molecule has 0 spiro atoms. The summed E-state index contributed by atoms with van der Waals surface area (Å²) in [5, 5.41) is 0. The molecule has 0 amide bonds. The zero-order valence-electron chi connectivity index (χ0n) is 12.4. The van der Waals surface area contributed by atoms with Crippen LogP contribution in [0.25, 0.3) is 0 Å². The maximum atomic E-state index is 11.7. The van der Waals surface area contributed by atoms with Crippen molar-refractivity contribution in [2.75, 3.05) is 6.61 Å². The number of hydrogen-bond acceptors (Lipinski definition) is 4. The van der Waals surface area contributed by atoms with E-state index in [9.17, 15) is 9.59 Å². The third kappa shape index (κ3) is 5.62. The van der Waals surface area contributed by atoms with E-state index in [1.54, 1.807) is 0 Å². The van der Waals surface area contributed by atoms with Crippen molar-refractivity contribution in [2.24, 2.45) is 5.92 Å². The molecule has 0 aromatic heterocycles. The lowest BCUT2D eigenvalue weighted by Gasteiger charge is -2.33. The number of esters is 2. The maximum Gasteiger partial charge on any atom is 0.309 e. The summed E-state index contributed by atoms with van der Waals surface area (Å²) >= 11 is 0. The number of rotatable bonds is 6. The molecule has 110 valence electrons. The van der Waals surface area contributed by atoms with Gasteiger partial charge in [-0.25, -0.2) is 0 Å². The van der Waals surface area contributed by atoms with Crippen molar-refractivity contribution in [1.29, 1.82) is 0 Å². The SMILES string of the molecule is CCC(C)C(=O)OCCC(=O)OC1(C)CCCCC1. The first-order valence-corrected chi connectivity index (χ1v) is 7.35.